The molecule has 0 bridgehead atoms. The van der Waals surface area contributed by atoms with Gasteiger partial charge in [0.1, 0.15) is 5.82 Å². The monoisotopic (exact) mass is 290 g/mol. The maximum absolute atomic E-state index is 13.9. The summed E-state index contributed by atoms with van der Waals surface area (Å²) in [7, 11) is 0. The normalized spacial score (nSPS) is 12.4. The van der Waals surface area contributed by atoms with Crippen LogP contribution >= 0.6 is 11.8 Å². The van der Waals surface area contributed by atoms with Crippen molar-refractivity contribution in [1.29, 1.82) is 0 Å². The third-order valence-electron chi connectivity index (χ3n) is 3.11. The van der Waals surface area contributed by atoms with E-state index in [4.69, 9.17) is 0 Å². The SMILES string of the molecule is Cc1cc(C)cc(CSc2ccc(C(C)O)cc2F)c1. The van der Waals surface area contributed by atoms with E-state index in [0.717, 1.165) is 5.75 Å². The summed E-state index contributed by atoms with van der Waals surface area (Å²) in [6.07, 6.45) is -0.636. The molecule has 0 saturated carbocycles. The van der Waals surface area contributed by atoms with Crippen LogP contribution < -0.4 is 0 Å². The van der Waals surface area contributed by atoms with E-state index in [1.54, 1.807) is 19.1 Å². The van der Waals surface area contributed by atoms with Crippen LogP contribution in [0.3, 0.4) is 0 Å². The molecule has 3 heteroatoms. The second-order valence-electron chi connectivity index (χ2n) is 5.15. The van der Waals surface area contributed by atoms with Crippen molar-refractivity contribution in [2.24, 2.45) is 0 Å². The summed E-state index contributed by atoms with van der Waals surface area (Å²) >= 11 is 1.48. The second-order valence-corrected chi connectivity index (χ2v) is 6.17. The molecule has 0 fully saturated rings. The molecule has 0 heterocycles. The van der Waals surface area contributed by atoms with Gasteiger partial charge in [-0.1, -0.05) is 35.4 Å². The van der Waals surface area contributed by atoms with Gasteiger partial charge in [-0.05, 0) is 44.0 Å². The zero-order valence-electron chi connectivity index (χ0n) is 12.0. The molecular weight excluding hydrogens is 271 g/mol. The molecule has 2 aromatic rings. The topological polar surface area (TPSA) is 20.2 Å². The van der Waals surface area contributed by atoms with Crippen molar-refractivity contribution < 1.29 is 9.50 Å². The van der Waals surface area contributed by atoms with Crippen LogP contribution in [0.25, 0.3) is 0 Å². The summed E-state index contributed by atoms with van der Waals surface area (Å²) in [5, 5.41) is 9.43. The minimum atomic E-state index is -0.636. The van der Waals surface area contributed by atoms with Crippen molar-refractivity contribution in [2.45, 2.75) is 37.5 Å². The van der Waals surface area contributed by atoms with Crippen LogP contribution in [0, 0.1) is 19.7 Å². The van der Waals surface area contributed by atoms with Gasteiger partial charge in [-0.2, -0.15) is 0 Å². The van der Waals surface area contributed by atoms with E-state index in [1.165, 1.54) is 34.5 Å². The van der Waals surface area contributed by atoms with Gasteiger partial charge in [0.05, 0.1) is 6.10 Å². The first-order valence-electron chi connectivity index (χ1n) is 6.63. The average Bonchev–Trinajstić information content (AvgIpc) is 2.36. The molecule has 0 amide bonds. The molecule has 2 rings (SSSR count). The predicted octanol–water partition coefficient (Wildman–Crippen LogP) is 4.79. The van der Waals surface area contributed by atoms with Gasteiger partial charge in [-0.15, -0.1) is 11.8 Å². The fourth-order valence-corrected chi connectivity index (χ4v) is 3.06. The molecular formula is C17H19FOS. The van der Waals surface area contributed by atoms with E-state index < -0.39 is 6.10 Å². The summed E-state index contributed by atoms with van der Waals surface area (Å²) in [5.74, 6) is 0.478. The smallest absolute Gasteiger partial charge is 0.137 e. The minimum absolute atomic E-state index is 0.266. The van der Waals surface area contributed by atoms with Gasteiger partial charge >= 0.3 is 0 Å². The number of aliphatic hydroxyl groups excluding tert-OH is 1. The van der Waals surface area contributed by atoms with Crippen LogP contribution in [-0.4, -0.2) is 5.11 Å². The Morgan fingerprint density at radius 3 is 2.30 bits per heavy atom. The van der Waals surface area contributed by atoms with Crippen molar-refractivity contribution in [3.05, 3.63) is 64.5 Å². The lowest BCUT2D eigenvalue weighted by atomic mass is 10.1. The molecule has 0 aromatic heterocycles. The molecule has 1 unspecified atom stereocenters. The Bertz CT molecular complexity index is 588. The van der Waals surface area contributed by atoms with E-state index in [2.05, 4.69) is 32.0 Å². The third-order valence-corrected chi connectivity index (χ3v) is 4.23. The summed E-state index contributed by atoms with van der Waals surface area (Å²) in [5.41, 5.74) is 4.26. The lowest BCUT2D eigenvalue weighted by molar-refractivity contribution is 0.198. The van der Waals surface area contributed by atoms with Crippen molar-refractivity contribution in [1.82, 2.24) is 0 Å². The van der Waals surface area contributed by atoms with E-state index >= 15 is 0 Å². The molecule has 1 atom stereocenters. The van der Waals surface area contributed by atoms with E-state index in [-0.39, 0.29) is 5.82 Å². The van der Waals surface area contributed by atoms with Gasteiger partial charge in [-0.25, -0.2) is 4.39 Å². The highest BCUT2D eigenvalue weighted by molar-refractivity contribution is 7.98. The molecule has 0 aliphatic carbocycles. The first-order chi connectivity index (χ1) is 9.45. The standard InChI is InChI=1S/C17H19FOS/c1-11-6-12(2)8-14(7-11)10-20-17-5-4-15(13(3)19)9-16(17)18/h4-9,13,19H,10H2,1-3H3. The van der Waals surface area contributed by atoms with Crippen molar-refractivity contribution in [3.63, 3.8) is 0 Å². The number of halogens is 1. The predicted molar refractivity (Wildman–Crippen MR) is 82.5 cm³/mol. The molecule has 0 saturated heterocycles. The van der Waals surface area contributed by atoms with Crippen LogP contribution in [-0.2, 0) is 5.75 Å². The number of benzene rings is 2. The zero-order chi connectivity index (χ0) is 14.7. The lowest BCUT2D eigenvalue weighted by Gasteiger charge is -2.09. The van der Waals surface area contributed by atoms with Gasteiger partial charge < -0.3 is 5.11 Å². The lowest BCUT2D eigenvalue weighted by Crippen LogP contribution is -1.93. The molecule has 0 aliphatic heterocycles. The first-order valence-corrected chi connectivity index (χ1v) is 7.62. The average molecular weight is 290 g/mol. The Morgan fingerprint density at radius 2 is 1.75 bits per heavy atom. The fourth-order valence-electron chi connectivity index (χ4n) is 2.21. The van der Waals surface area contributed by atoms with Crippen molar-refractivity contribution >= 4 is 11.8 Å². The Hall–Kier alpha value is -1.32. The van der Waals surface area contributed by atoms with E-state index in [1.807, 2.05) is 0 Å². The quantitative estimate of drug-likeness (QED) is 0.817. The van der Waals surface area contributed by atoms with Crippen LogP contribution in [0.2, 0.25) is 0 Å². The number of aliphatic hydroxyl groups is 1. The third kappa shape index (κ3) is 3.84. The largest absolute Gasteiger partial charge is 0.389 e. The summed E-state index contributed by atoms with van der Waals surface area (Å²) in [4.78, 5) is 0.619. The molecule has 1 N–H and O–H groups in total. The van der Waals surface area contributed by atoms with Gasteiger partial charge in [-0.3, -0.25) is 0 Å². The highest BCUT2D eigenvalue weighted by Gasteiger charge is 2.08. The van der Waals surface area contributed by atoms with Crippen LogP contribution in [0.1, 0.15) is 35.3 Å². The summed E-state index contributed by atoms with van der Waals surface area (Å²) in [6.45, 7) is 5.77. The van der Waals surface area contributed by atoms with Gasteiger partial charge in [0.2, 0.25) is 0 Å². The van der Waals surface area contributed by atoms with Crippen LogP contribution in [0.5, 0.6) is 0 Å². The van der Waals surface area contributed by atoms with Gasteiger partial charge in [0.15, 0.2) is 0 Å². The molecule has 1 nitrogen and oxygen atoms in total. The zero-order valence-corrected chi connectivity index (χ0v) is 12.8. The van der Waals surface area contributed by atoms with Crippen LogP contribution in [0.4, 0.5) is 4.39 Å². The second kappa shape index (κ2) is 6.42. The maximum Gasteiger partial charge on any atom is 0.137 e. The number of thioether (sulfide) groups is 1. The van der Waals surface area contributed by atoms with Crippen LogP contribution in [0.15, 0.2) is 41.3 Å². The molecule has 0 aliphatic rings. The van der Waals surface area contributed by atoms with E-state index in [0.29, 0.717) is 10.5 Å². The highest BCUT2D eigenvalue weighted by atomic mass is 32.2. The molecule has 0 spiro atoms. The van der Waals surface area contributed by atoms with E-state index in [9.17, 15) is 9.50 Å². The van der Waals surface area contributed by atoms with Gasteiger partial charge in [0, 0.05) is 10.6 Å². The molecule has 2 aromatic carbocycles. The number of rotatable bonds is 4. The summed E-state index contributed by atoms with van der Waals surface area (Å²) < 4.78 is 13.9. The minimum Gasteiger partial charge on any atom is -0.389 e. The molecule has 106 valence electrons. The molecule has 0 radical (unpaired) electrons. The Labute approximate surface area is 123 Å². The Kier molecular flexibility index (Phi) is 4.84. The summed E-state index contributed by atoms with van der Waals surface area (Å²) in [6, 6.07) is 11.3. The number of hydrogen-bond donors (Lipinski definition) is 1. The number of aryl methyl sites for hydroxylation is 2. The fraction of sp³-hybridized carbons (Fsp3) is 0.294. The van der Waals surface area contributed by atoms with Crippen molar-refractivity contribution in [2.75, 3.05) is 0 Å². The highest BCUT2D eigenvalue weighted by Crippen LogP contribution is 2.28. The Morgan fingerprint density at radius 1 is 1.10 bits per heavy atom. The maximum atomic E-state index is 13.9. The Balaban J connectivity index is 2.11. The first kappa shape index (κ1) is 15.1. The van der Waals surface area contributed by atoms with Crippen molar-refractivity contribution in [3.8, 4) is 0 Å². The number of hydrogen-bond acceptors (Lipinski definition) is 2. The van der Waals surface area contributed by atoms with Gasteiger partial charge in [0.25, 0.3) is 0 Å². The molecule has 20 heavy (non-hydrogen) atoms.